The molecule has 148 valence electrons. The van der Waals surface area contributed by atoms with Gasteiger partial charge in [-0.25, -0.2) is 9.97 Å². The largest absolute Gasteiger partial charge is 0.480 e. The highest BCUT2D eigenvalue weighted by Crippen LogP contribution is 2.39. The molecule has 7 nitrogen and oxygen atoms in total. The zero-order valence-electron chi connectivity index (χ0n) is 16.4. The molecule has 1 atom stereocenters. The quantitative estimate of drug-likeness (QED) is 0.810. The van der Waals surface area contributed by atoms with Gasteiger partial charge in [-0.3, -0.25) is 14.7 Å². The summed E-state index contributed by atoms with van der Waals surface area (Å²) in [4.78, 5) is 30.0. The van der Waals surface area contributed by atoms with E-state index in [0.29, 0.717) is 11.6 Å². The van der Waals surface area contributed by atoms with Crippen molar-refractivity contribution >= 4 is 5.91 Å². The summed E-state index contributed by atoms with van der Waals surface area (Å²) in [6.07, 6.45) is 11.3. The molecule has 2 aromatic rings. The molecule has 2 aliphatic rings. The molecular weight excluding hydrogens is 354 g/mol. The molecule has 0 bridgehead atoms. The first-order chi connectivity index (χ1) is 13.7. The maximum atomic E-state index is 13.0. The number of likely N-dealkylation sites (tertiary alicyclic amines) is 2. The van der Waals surface area contributed by atoms with E-state index in [1.54, 1.807) is 7.11 Å². The van der Waals surface area contributed by atoms with Crippen molar-refractivity contribution in [2.45, 2.75) is 32.2 Å². The maximum Gasteiger partial charge on any atom is 0.274 e. The van der Waals surface area contributed by atoms with Gasteiger partial charge in [0, 0.05) is 44.0 Å². The van der Waals surface area contributed by atoms with E-state index in [2.05, 4.69) is 25.9 Å². The zero-order chi connectivity index (χ0) is 19.4. The highest BCUT2D eigenvalue weighted by atomic mass is 16.5. The Hall–Kier alpha value is -2.54. The van der Waals surface area contributed by atoms with Crippen molar-refractivity contribution < 1.29 is 9.53 Å². The molecule has 0 N–H and O–H groups in total. The van der Waals surface area contributed by atoms with E-state index in [-0.39, 0.29) is 11.3 Å². The van der Waals surface area contributed by atoms with Crippen LogP contribution >= 0.6 is 0 Å². The van der Waals surface area contributed by atoms with Gasteiger partial charge in [0.2, 0.25) is 5.88 Å². The van der Waals surface area contributed by atoms with Crippen molar-refractivity contribution in [3.63, 3.8) is 0 Å². The predicted molar refractivity (Wildman–Crippen MR) is 105 cm³/mol. The minimum atomic E-state index is -0.0291. The van der Waals surface area contributed by atoms with E-state index in [9.17, 15) is 4.79 Å². The minimum absolute atomic E-state index is 0.0291. The van der Waals surface area contributed by atoms with Gasteiger partial charge in [0.05, 0.1) is 19.5 Å². The normalized spacial score (nSPS) is 23.0. The fourth-order valence-electron chi connectivity index (χ4n) is 4.60. The van der Waals surface area contributed by atoms with Crippen LogP contribution in [0.1, 0.15) is 41.7 Å². The fourth-order valence-corrected chi connectivity index (χ4v) is 4.60. The number of methoxy groups -OCH3 is 1. The van der Waals surface area contributed by atoms with Crippen molar-refractivity contribution in [2.24, 2.45) is 5.41 Å². The van der Waals surface area contributed by atoms with Crippen LogP contribution in [-0.2, 0) is 6.54 Å². The Balaban J connectivity index is 1.43. The second kappa shape index (κ2) is 8.22. The maximum absolute atomic E-state index is 13.0. The summed E-state index contributed by atoms with van der Waals surface area (Å²) in [7, 11) is 1.54. The van der Waals surface area contributed by atoms with E-state index in [1.165, 1.54) is 37.2 Å². The van der Waals surface area contributed by atoms with Gasteiger partial charge in [-0.05, 0) is 43.9 Å². The monoisotopic (exact) mass is 381 g/mol. The standard InChI is InChI=1S/C21H27N5O2/c1-28-19-13-23-18(12-24-19)20(27)26-10-4-7-21(16-26)6-3-9-25(15-21)14-17-5-2-8-22-11-17/h2,5,8,11-13H,3-4,6-7,9-10,14-16H2,1H3. The highest BCUT2D eigenvalue weighted by Gasteiger charge is 2.40. The summed E-state index contributed by atoms with van der Waals surface area (Å²) in [5, 5.41) is 0. The van der Waals surface area contributed by atoms with Crippen molar-refractivity contribution in [1.82, 2.24) is 24.8 Å². The number of ether oxygens (including phenoxy) is 1. The summed E-state index contributed by atoms with van der Waals surface area (Å²) in [5.74, 6) is 0.392. The summed E-state index contributed by atoms with van der Waals surface area (Å²) >= 11 is 0. The van der Waals surface area contributed by atoms with Crippen molar-refractivity contribution in [2.75, 3.05) is 33.3 Å². The average Bonchev–Trinajstić information content (AvgIpc) is 2.74. The number of carbonyl (C=O) groups excluding carboxylic acids is 1. The van der Waals surface area contributed by atoms with Crippen LogP contribution in [-0.4, -0.2) is 63.9 Å². The van der Waals surface area contributed by atoms with Crippen LogP contribution in [0, 0.1) is 5.41 Å². The predicted octanol–water partition coefficient (Wildman–Crippen LogP) is 2.40. The number of carbonyl (C=O) groups is 1. The molecule has 7 heteroatoms. The third-order valence-corrected chi connectivity index (χ3v) is 5.87. The lowest BCUT2D eigenvalue weighted by Crippen LogP contribution is -2.53. The van der Waals surface area contributed by atoms with E-state index < -0.39 is 0 Å². The van der Waals surface area contributed by atoms with Gasteiger partial charge in [0.15, 0.2) is 0 Å². The molecule has 2 aromatic heterocycles. The number of rotatable bonds is 4. The van der Waals surface area contributed by atoms with Gasteiger partial charge in [0.1, 0.15) is 5.69 Å². The molecule has 28 heavy (non-hydrogen) atoms. The molecule has 0 radical (unpaired) electrons. The Bertz CT molecular complexity index is 794. The van der Waals surface area contributed by atoms with Gasteiger partial charge in [0.25, 0.3) is 5.91 Å². The Morgan fingerprint density at radius 1 is 1.14 bits per heavy atom. The summed E-state index contributed by atoms with van der Waals surface area (Å²) in [5.41, 5.74) is 1.81. The van der Waals surface area contributed by atoms with Crippen molar-refractivity contribution in [3.05, 3.63) is 48.2 Å². The number of pyridine rings is 1. The Morgan fingerprint density at radius 3 is 2.71 bits per heavy atom. The molecule has 0 aliphatic carbocycles. The van der Waals surface area contributed by atoms with Crippen LogP contribution in [0.3, 0.4) is 0 Å². The number of amides is 1. The molecule has 0 saturated carbocycles. The third-order valence-electron chi connectivity index (χ3n) is 5.87. The first-order valence-electron chi connectivity index (χ1n) is 9.94. The van der Waals surface area contributed by atoms with Gasteiger partial charge in [-0.2, -0.15) is 0 Å². The molecule has 2 fully saturated rings. The van der Waals surface area contributed by atoms with E-state index >= 15 is 0 Å². The van der Waals surface area contributed by atoms with Gasteiger partial charge in [-0.1, -0.05) is 6.07 Å². The Morgan fingerprint density at radius 2 is 2.00 bits per heavy atom. The van der Waals surface area contributed by atoms with E-state index in [1.807, 2.05) is 23.4 Å². The van der Waals surface area contributed by atoms with Gasteiger partial charge >= 0.3 is 0 Å². The smallest absolute Gasteiger partial charge is 0.274 e. The second-order valence-electron chi connectivity index (χ2n) is 7.95. The lowest BCUT2D eigenvalue weighted by Gasteiger charge is -2.48. The highest BCUT2D eigenvalue weighted by molar-refractivity contribution is 5.92. The van der Waals surface area contributed by atoms with Gasteiger partial charge < -0.3 is 9.64 Å². The Labute approximate surface area is 165 Å². The molecule has 4 rings (SSSR count). The van der Waals surface area contributed by atoms with Crippen LogP contribution in [0.25, 0.3) is 0 Å². The number of hydrogen-bond donors (Lipinski definition) is 0. The zero-order valence-corrected chi connectivity index (χ0v) is 16.4. The third kappa shape index (κ3) is 4.14. The van der Waals surface area contributed by atoms with Gasteiger partial charge in [-0.15, -0.1) is 0 Å². The van der Waals surface area contributed by atoms with Crippen LogP contribution in [0.2, 0.25) is 0 Å². The molecular formula is C21H27N5O2. The number of hydrogen-bond acceptors (Lipinski definition) is 6. The summed E-state index contributed by atoms with van der Waals surface area (Å²) in [6.45, 7) is 4.64. The molecule has 1 spiro atoms. The molecule has 2 aliphatic heterocycles. The van der Waals surface area contributed by atoms with E-state index in [0.717, 1.165) is 39.1 Å². The van der Waals surface area contributed by atoms with Crippen LogP contribution < -0.4 is 4.74 Å². The van der Waals surface area contributed by atoms with Crippen LogP contribution in [0.4, 0.5) is 0 Å². The number of nitrogens with zero attached hydrogens (tertiary/aromatic N) is 5. The average molecular weight is 381 g/mol. The molecule has 1 unspecified atom stereocenters. The summed E-state index contributed by atoms with van der Waals surface area (Å²) in [6, 6.07) is 4.12. The second-order valence-corrected chi connectivity index (χ2v) is 7.95. The summed E-state index contributed by atoms with van der Waals surface area (Å²) < 4.78 is 5.04. The molecule has 0 aromatic carbocycles. The fraction of sp³-hybridized carbons (Fsp3) is 0.524. The molecule has 4 heterocycles. The lowest BCUT2D eigenvalue weighted by atomic mass is 9.73. The first kappa shape index (κ1) is 18.8. The number of aromatic nitrogens is 3. The minimum Gasteiger partial charge on any atom is -0.480 e. The van der Waals surface area contributed by atoms with Crippen molar-refractivity contribution in [3.8, 4) is 5.88 Å². The SMILES string of the molecule is COc1cnc(C(=O)N2CCCC3(CCCN(Cc4cccnc4)C3)C2)cn1. The van der Waals surface area contributed by atoms with Crippen LogP contribution in [0.5, 0.6) is 5.88 Å². The lowest BCUT2D eigenvalue weighted by molar-refractivity contribution is 0.0110. The first-order valence-corrected chi connectivity index (χ1v) is 9.94. The number of piperidine rings is 2. The molecule has 2 saturated heterocycles. The van der Waals surface area contributed by atoms with Crippen LogP contribution in [0.15, 0.2) is 36.9 Å². The van der Waals surface area contributed by atoms with E-state index in [4.69, 9.17) is 4.74 Å². The topological polar surface area (TPSA) is 71.5 Å². The Kier molecular flexibility index (Phi) is 5.52. The van der Waals surface area contributed by atoms with Crippen molar-refractivity contribution in [1.29, 1.82) is 0 Å². The molecule has 1 amide bonds.